The molecule has 1 N–H and O–H groups in total. The molecule has 1 heterocycles. The molecule has 3 rings (SSSR count). The molecule has 0 saturated heterocycles. The Kier molecular flexibility index (Phi) is 7.55. The summed E-state index contributed by atoms with van der Waals surface area (Å²) in [6.45, 7) is 2.41. The first-order valence-corrected chi connectivity index (χ1v) is 10.4. The summed E-state index contributed by atoms with van der Waals surface area (Å²) in [7, 11) is 6.38. The Hall–Kier alpha value is -3.46. The first kappa shape index (κ1) is 22.2. The lowest BCUT2D eigenvalue weighted by molar-refractivity contribution is 0.288. The first-order chi connectivity index (χ1) is 15.1. The predicted octanol–water partition coefficient (Wildman–Crippen LogP) is 4.69. The van der Waals surface area contributed by atoms with Crippen molar-refractivity contribution < 1.29 is 23.7 Å². The summed E-state index contributed by atoms with van der Waals surface area (Å²) in [4.78, 5) is 4.58. The number of thiazole rings is 1. The largest absolute Gasteiger partial charge is 0.493 e. The van der Waals surface area contributed by atoms with Crippen molar-refractivity contribution in [3.63, 3.8) is 0 Å². The lowest BCUT2D eigenvalue weighted by atomic mass is 10.1. The summed E-state index contributed by atoms with van der Waals surface area (Å²) in [5, 5.41) is 6.89. The Bertz CT molecular complexity index is 1030. The lowest BCUT2D eigenvalue weighted by Crippen LogP contribution is -2.00. The van der Waals surface area contributed by atoms with Crippen molar-refractivity contribution in [2.75, 3.05) is 40.5 Å². The van der Waals surface area contributed by atoms with Crippen LogP contribution in [0.2, 0.25) is 0 Å². The van der Waals surface area contributed by atoms with Crippen LogP contribution in [-0.4, -0.2) is 46.2 Å². The molecule has 1 aromatic heterocycles. The van der Waals surface area contributed by atoms with Crippen LogP contribution in [0.25, 0.3) is 11.3 Å². The second kappa shape index (κ2) is 10.5. The Morgan fingerprint density at radius 3 is 2.23 bits per heavy atom. The molecule has 0 saturated carbocycles. The molecule has 8 nitrogen and oxygen atoms in total. The highest BCUT2D eigenvalue weighted by Crippen LogP contribution is 2.38. The van der Waals surface area contributed by atoms with Gasteiger partial charge in [0, 0.05) is 16.5 Å². The minimum atomic E-state index is 0.508. The summed E-state index contributed by atoms with van der Waals surface area (Å²) in [6, 6.07) is 9.33. The van der Waals surface area contributed by atoms with Crippen molar-refractivity contribution in [1.29, 1.82) is 0 Å². The zero-order chi connectivity index (χ0) is 22.2. The molecule has 0 aliphatic carbocycles. The molecule has 0 atom stereocenters. The number of hydrogen-bond acceptors (Lipinski definition) is 9. The number of nitrogens with one attached hydrogen (secondary N) is 1. The van der Waals surface area contributed by atoms with Gasteiger partial charge in [0.1, 0.15) is 0 Å². The molecule has 0 aliphatic heterocycles. The fourth-order valence-corrected chi connectivity index (χ4v) is 3.55. The Balaban J connectivity index is 1.75. The maximum Gasteiger partial charge on any atom is 0.203 e. The van der Waals surface area contributed by atoms with Gasteiger partial charge in [-0.15, -0.1) is 11.3 Å². The van der Waals surface area contributed by atoms with Crippen LogP contribution < -0.4 is 29.1 Å². The maximum absolute atomic E-state index is 5.62. The molecule has 9 heteroatoms. The predicted molar refractivity (Wildman–Crippen MR) is 123 cm³/mol. The highest BCUT2D eigenvalue weighted by molar-refractivity contribution is 7.14. The molecule has 0 unspecified atom stereocenters. The number of hydrazone groups is 1. The SMILES string of the molecule is CCOc1c(OC)cc(/C=N\Nc2nc(-c3ccc(OC)c(OC)c3)cs2)cc1OC. The van der Waals surface area contributed by atoms with Crippen LogP contribution in [-0.2, 0) is 0 Å². The van der Waals surface area contributed by atoms with Crippen LogP contribution in [0, 0.1) is 0 Å². The van der Waals surface area contributed by atoms with E-state index in [4.69, 9.17) is 23.7 Å². The molecule has 0 aliphatic rings. The van der Waals surface area contributed by atoms with Gasteiger partial charge in [-0.2, -0.15) is 5.10 Å². The third kappa shape index (κ3) is 5.18. The zero-order valence-electron chi connectivity index (χ0n) is 18.1. The number of anilines is 1. The minimum absolute atomic E-state index is 0.508. The van der Waals surface area contributed by atoms with Crippen molar-refractivity contribution in [2.45, 2.75) is 6.92 Å². The topological polar surface area (TPSA) is 83.4 Å². The Morgan fingerprint density at radius 2 is 1.61 bits per heavy atom. The molecule has 0 bridgehead atoms. The lowest BCUT2D eigenvalue weighted by Gasteiger charge is -2.14. The van der Waals surface area contributed by atoms with E-state index in [9.17, 15) is 0 Å². The summed E-state index contributed by atoms with van der Waals surface area (Å²) in [5.41, 5.74) is 5.49. The summed E-state index contributed by atoms with van der Waals surface area (Å²) < 4.78 is 27.1. The number of nitrogens with zero attached hydrogens (tertiary/aromatic N) is 2. The van der Waals surface area contributed by atoms with Gasteiger partial charge in [-0.3, -0.25) is 5.43 Å². The van der Waals surface area contributed by atoms with Gasteiger partial charge in [0.15, 0.2) is 23.0 Å². The van der Waals surface area contributed by atoms with Crippen LogP contribution >= 0.6 is 11.3 Å². The maximum atomic E-state index is 5.62. The van der Waals surface area contributed by atoms with Crippen LogP contribution in [0.15, 0.2) is 40.8 Å². The number of hydrogen-bond donors (Lipinski definition) is 1. The number of rotatable bonds is 10. The average molecular weight is 444 g/mol. The van der Waals surface area contributed by atoms with Crippen molar-refractivity contribution in [2.24, 2.45) is 5.10 Å². The zero-order valence-corrected chi connectivity index (χ0v) is 18.9. The monoisotopic (exact) mass is 443 g/mol. The fourth-order valence-electron chi connectivity index (χ4n) is 2.88. The van der Waals surface area contributed by atoms with Crippen LogP contribution in [0.3, 0.4) is 0 Å². The van der Waals surface area contributed by atoms with Crippen LogP contribution in [0.4, 0.5) is 5.13 Å². The molecule has 0 amide bonds. The molecule has 0 spiro atoms. The first-order valence-electron chi connectivity index (χ1n) is 9.49. The smallest absolute Gasteiger partial charge is 0.203 e. The van der Waals surface area contributed by atoms with Gasteiger partial charge in [0.2, 0.25) is 10.9 Å². The molecule has 0 radical (unpaired) electrons. The van der Waals surface area contributed by atoms with Crippen molar-refractivity contribution in [3.8, 4) is 40.0 Å². The van der Waals surface area contributed by atoms with Gasteiger partial charge in [-0.1, -0.05) is 0 Å². The van der Waals surface area contributed by atoms with E-state index in [1.54, 1.807) is 34.7 Å². The van der Waals surface area contributed by atoms with Crippen LogP contribution in [0.5, 0.6) is 28.7 Å². The summed E-state index contributed by atoms with van der Waals surface area (Å²) in [6.07, 6.45) is 1.66. The second-order valence-corrected chi connectivity index (χ2v) is 7.02. The molecule has 3 aromatic rings. The highest BCUT2D eigenvalue weighted by Gasteiger charge is 2.13. The van der Waals surface area contributed by atoms with E-state index < -0.39 is 0 Å². The molecule has 0 fully saturated rings. The van der Waals surface area contributed by atoms with Gasteiger partial charge in [-0.05, 0) is 37.3 Å². The van der Waals surface area contributed by atoms with E-state index in [1.807, 2.05) is 42.6 Å². The van der Waals surface area contributed by atoms with Gasteiger partial charge in [0.25, 0.3) is 0 Å². The molecule has 2 aromatic carbocycles. The average Bonchev–Trinajstić information content (AvgIpc) is 3.28. The van der Waals surface area contributed by atoms with Gasteiger partial charge in [-0.25, -0.2) is 4.98 Å². The Morgan fingerprint density at radius 1 is 0.935 bits per heavy atom. The standard InChI is InChI=1S/C22H25N3O5S/c1-6-30-21-19(28-4)9-14(10-20(21)29-5)12-23-25-22-24-16(13-31-22)15-7-8-17(26-2)18(11-15)27-3/h7-13H,6H2,1-5H3,(H,24,25)/b23-12-. The second-order valence-electron chi connectivity index (χ2n) is 6.17. The normalized spacial score (nSPS) is 10.7. The molecular formula is C22H25N3O5S. The quantitative estimate of drug-likeness (QED) is 0.359. The highest BCUT2D eigenvalue weighted by atomic mass is 32.1. The molecular weight excluding hydrogens is 418 g/mol. The van der Waals surface area contributed by atoms with Crippen molar-refractivity contribution in [1.82, 2.24) is 4.98 Å². The van der Waals surface area contributed by atoms with Crippen molar-refractivity contribution in [3.05, 3.63) is 41.3 Å². The van der Waals surface area contributed by atoms with E-state index in [-0.39, 0.29) is 0 Å². The van der Waals surface area contributed by atoms with E-state index >= 15 is 0 Å². The van der Waals surface area contributed by atoms with Crippen molar-refractivity contribution >= 4 is 22.7 Å². The van der Waals surface area contributed by atoms with E-state index in [2.05, 4.69) is 15.5 Å². The number of ether oxygens (including phenoxy) is 5. The van der Waals surface area contributed by atoms with E-state index in [0.717, 1.165) is 16.8 Å². The Labute approximate surface area is 185 Å². The van der Waals surface area contributed by atoms with Gasteiger partial charge in [0.05, 0.1) is 47.0 Å². The van der Waals surface area contributed by atoms with Gasteiger partial charge < -0.3 is 23.7 Å². The summed E-state index contributed by atoms with van der Waals surface area (Å²) >= 11 is 1.45. The summed E-state index contributed by atoms with van der Waals surface area (Å²) in [5.74, 6) is 3.04. The minimum Gasteiger partial charge on any atom is -0.493 e. The third-order valence-electron chi connectivity index (χ3n) is 4.33. The fraction of sp³-hybridized carbons (Fsp3) is 0.273. The number of aromatic nitrogens is 1. The molecule has 164 valence electrons. The number of benzene rings is 2. The van der Waals surface area contributed by atoms with E-state index in [1.165, 1.54) is 11.3 Å². The van der Waals surface area contributed by atoms with Crippen LogP contribution in [0.1, 0.15) is 12.5 Å². The molecule has 31 heavy (non-hydrogen) atoms. The van der Waals surface area contributed by atoms with E-state index in [0.29, 0.717) is 40.5 Å². The third-order valence-corrected chi connectivity index (χ3v) is 5.08. The number of methoxy groups -OCH3 is 4. The van der Waals surface area contributed by atoms with Gasteiger partial charge >= 0.3 is 0 Å².